The van der Waals surface area contributed by atoms with Crippen LogP contribution in [-0.2, 0) is 28.8 Å². The Labute approximate surface area is 252 Å². The van der Waals surface area contributed by atoms with Crippen molar-refractivity contribution in [1.82, 2.24) is 31.1 Å². The van der Waals surface area contributed by atoms with Crippen LogP contribution in [-0.4, -0.2) is 112 Å². The maximum atomic E-state index is 13.5. The molecule has 1 fully saturated rings. The number of nitrogens with zero attached hydrogens (tertiary/aromatic N) is 2. The van der Waals surface area contributed by atoms with Crippen molar-refractivity contribution in [2.75, 3.05) is 26.2 Å². The monoisotopic (exact) mass is 612 g/mol. The number of urea groups is 1. The van der Waals surface area contributed by atoms with Crippen molar-refractivity contribution in [3.63, 3.8) is 0 Å². The van der Waals surface area contributed by atoms with Gasteiger partial charge in [0.2, 0.25) is 23.6 Å². The van der Waals surface area contributed by atoms with Crippen molar-refractivity contribution in [1.29, 1.82) is 0 Å². The van der Waals surface area contributed by atoms with Crippen LogP contribution >= 0.6 is 0 Å². The van der Waals surface area contributed by atoms with Crippen molar-refractivity contribution in [2.24, 2.45) is 11.8 Å². The third kappa shape index (κ3) is 12.5. The van der Waals surface area contributed by atoms with Gasteiger partial charge in [0, 0.05) is 26.2 Å². The molecule has 6 N–H and O–H groups in total. The first-order chi connectivity index (χ1) is 20.1. The quantitative estimate of drug-likeness (QED) is 0.131. The Morgan fingerprint density at radius 2 is 1.21 bits per heavy atom. The Hall–Kier alpha value is -3.91. The molecule has 1 saturated heterocycles. The summed E-state index contributed by atoms with van der Waals surface area (Å²) < 4.78 is 0. The van der Waals surface area contributed by atoms with Gasteiger partial charge in [-0.3, -0.25) is 24.0 Å². The fraction of sp³-hybridized carbons (Fsp3) is 0.750. The summed E-state index contributed by atoms with van der Waals surface area (Å²) in [5.41, 5.74) is 0. The van der Waals surface area contributed by atoms with E-state index in [1.165, 1.54) is 4.90 Å². The number of carbonyl (C=O) groups is 7. The van der Waals surface area contributed by atoms with Gasteiger partial charge in [0.05, 0.1) is 12.8 Å². The van der Waals surface area contributed by atoms with Gasteiger partial charge in [-0.05, 0) is 44.9 Å². The van der Waals surface area contributed by atoms with Crippen molar-refractivity contribution >= 4 is 41.6 Å². The largest absolute Gasteiger partial charge is 0.481 e. The summed E-state index contributed by atoms with van der Waals surface area (Å²) in [7, 11) is 0. The predicted molar refractivity (Wildman–Crippen MR) is 156 cm³/mol. The molecule has 0 radical (unpaired) electrons. The summed E-state index contributed by atoms with van der Waals surface area (Å²) in [5, 5.41) is 28.6. The maximum absolute atomic E-state index is 13.5. The standard InChI is InChI=1S/C28H48N6O9/c1-7-33(8-2)28(43)32-23(17(5)6)26(40)30-18(14-21(35)34-11-9-10-12-34)24(38)29-19(15-22(36)37)25(39)31-20(27(41)42)13-16(3)4/h16-20,23H,7-15H2,1-6H3,(H,29,38)(H,30,40)(H,31,39)(H,32,43)(H,36,37)(H,41,42)/t18-,19-,20-,23-/m0/s1. The van der Waals surface area contributed by atoms with E-state index < -0.39 is 84.5 Å². The van der Waals surface area contributed by atoms with Crippen LogP contribution in [0.15, 0.2) is 0 Å². The molecule has 0 aromatic heterocycles. The van der Waals surface area contributed by atoms with Crippen LogP contribution in [0.2, 0.25) is 0 Å². The van der Waals surface area contributed by atoms with Crippen LogP contribution in [0.1, 0.15) is 73.6 Å². The highest BCUT2D eigenvalue weighted by atomic mass is 16.4. The zero-order valence-corrected chi connectivity index (χ0v) is 26.0. The third-order valence-electron chi connectivity index (χ3n) is 7.08. The number of carboxylic acids is 2. The average Bonchev–Trinajstić information content (AvgIpc) is 3.45. The first-order valence-corrected chi connectivity index (χ1v) is 14.8. The van der Waals surface area contributed by atoms with Crippen LogP contribution in [0.3, 0.4) is 0 Å². The van der Waals surface area contributed by atoms with Crippen LogP contribution in [0.5, 0.6) is 0 Å². The number of carbonyl (C=O) groups excluding carboxylic acids is 5. The van der Waals surface area contributed by atoms with Crippen LogP contribution in [0.4, 0.5) is 4.79 Å². The van der Waals surface area contributed by atoms with Crippen molar-refractivity contribution in [2.45, 2.75) is 97.8 Å². The van der Waals surface area contributed by atoms with Gasteiger partial charge >= 0.3 is 18.0 Å². The number of likely N-dealkylation sites (tertiary alicyclic amines) is 1. The molecule has 0 unspecified atom stereocenters. The molecule has 0 spiro atoms. The van der Waals surface area contributed by atoms with Crippen molar-refractivity contribution in [3.05, 3.63) is 0 Å². The summed E-state index contributed by atoms with van der Waals surface area (Å²) in [6, 6.07) is -6.09. The molecule has 0 saturated carbocycles. The summed E-state index contributed by atoms with van der Waals surface area (Å²) in [5.74, 6) is -6.49. The highest BCUT2D eigenvalue weighted by Crippen LogP contribution is 2.12. The molecule has 0 bridgehead atoms. The van der Waals surface area contributed by atoms with Gasteiger partial charge in [-0.1, -0.05) is 27.7 Å². The molecule has 6 amide bonds. The number of hydrogen-bond acceptors (Lipinski definition) is 7. The fourth-order valence-corrected chi connectivity index (χ4v) is 4.63. The number of hydrogen-bond donors (Lipinski definition) is 6. The van der Waals surface area contributed by atoms with E-state index in [0.717, 1.165) is 12.8 Å². The summed E-state index contributed by atoms with van der Waals surface area (Å²) in [6.45, 7) is 12.2. The van der Waals surface area contributed by atoms with E-state index in [1.54, 1.807) is 46.4 Å². The Kier molecular flexibility index (Phi) is 15.5. The van der Waals surface area contributed by atoms with E-state index in [1.807, 2.05) is 0 Å². The summed E-state index contributed by atoms with van der Waals surface area (Å²) >= 11 is 0. The van der Waals surface area contributed by atoms with E-state index in [9.17, 15) is 43.8 Å². The topological polar surface area (TPSA) is 215 Å². The fourth-order valence-electron chi connectivity index (χ4n) is 4.63. The first kappa shape index (κ1) is 37.1. The molecule has 0 aromatic rings. The molecule has 0 aromatic carbocycles. The molecule has 1 heterocycles. The SMILES string of the molecule is CCN(CC)C(=O)N[C@H](C(=O)N[C@@H](CC(=O)N1CCCC1)C(=O)N[C@@H](CC(=O)O)C(=O)N[C@@H](CC(C)C)C(=O)O)C(C)C. The number of amides is 6. The lowest BCUT2D eigenvalue weighted by Gasteiger charge is -2.29. The predicted octanol–water partition coefficient (Wildman–Crippen LogP) is 0.135. The lowest BCUT2D eigenvalue weighted by molar-refractivity contribution is -0.144. The molecular formula is C28H48N6O9. The minimum absolute atomic E-state index is 0.0631. The molecular weight excluding hydrogens is 564 g/mol. The van der Waals surface area contributed by atoms with Gasteiger partial charge in [-0.15, -0.1) is 0 Å². The highest BCUT2D eigenvalue weighted by molar-refractivity contribution is 5.98. The maximum Gasteiger partial charge on any atom is 0.326 e. The summed E-state index contributed by atoms with van der Waals surface area (Å²) in [6.07, 6.45) is 0.279. The third-order valence-corrected chi connectivity index (χ3v) is 7.08. The lowest BCUT2D eigenvalue weighted by Crippen LogP contribution is -2.60. The molecule has 15 heteroatoms. The average molecular weight is 613 g/mol. The molecule has 15 nitrogen and oxygen atoms in total. The highest BCUT2D eigenvalue weighted by Gasteiger charge is 2.35. The number of rotatable bonds is 17. The minimum Gasteiger partial charge on any atom is -0.481 e. The Morgan fingerprint density at radius 1 is 0.721 bits per heavy atom. The normalized spacial score (nSPS) is 15.7. The van der Waals surface area contributed by atoms with E-state index in [4.69, 9.17) is 0 Å². The molecule has 1 rings (SSSR count). The van der Waals surface area contributed by atoms with Gasteiger partial charge in [-0.25, -0.2) is 9.59 Å². The smallest absolute Gasteiger partial charge is 0.326 e. The number of carboxylic acid groups (broad SMARTS) is 2. The lowest BCUT2D eigenvalue weighted by atomic mass is 10.0. The summed E-state index contributed by atoms with van der Waals surface area (Å²) in [4.78, 5) is 91.7. The van der Waals surface area contributed by atoms with E-state index in [-0.39, 0.29) is 12.3 Å². The van der Waals surface area contributed by atoms with E-state index >= 15 is 0 Å². The van der Waals surface area contributed by atoms with Crippen molar-refractivity contribution < 1.29 is 43.8 Å². The van der Waals surface area contributed by atoms with E-state index in [0.29, 0.717) is 26.2 Å². The van der Waals surface area contributed by atoms with Gasteiger partial charge in [0.15, 0.2) is 0 Å². The second-order valence-corrected chi connectivity index (χ2v) is 11.4. The molecule has 0 aliphatic carbocycles. The molecule has 244 valence electrons. The van der Waals surface area contributed by atoms with Crippen LogP contribution in [0.25, 0.3) is 0 Å². The Bertz CT molecular complexity index is 1010. The van der Waals surface area contributed by atoms with Crippen molar-refractivity contribution in [3.8, 4) is 0 Å². The second kappa shape index (κ2) is 17.9. The minimum atomic E-state index is -1.69. The second-order valence-electron chi connectivity index (χ2n) is 11.4. The van der Waals surface area contributed by atoms with Crippen LogP contribution < -0.4 is 21.3 Å². The Morgan fingerprint density at radius 3 is 1.65 bits per heavy atom. The van der Waals surface area contributed by atoms with Gasteiger partial charge in [0.25, 0.3) is 0 Å². The Balaban J connectivity index is 3.25. The van der Waals surface area contributed by atoms with Crippen LogP contribution in [0, 0.1) is 11.8 Å². The van der Waals surface area contributed by atoms with Gasteiger partial charge in [-0.2, -0.15) is 0 Å². The molecule has 1 aliphatic heterocycles. The van der Waals surface area contributed by atoms with Gasteiger partial charge in [0.1, 0.15) is 24.2 Å². The zero-order chi connectivity index (χ0) is 32.9. The molecule has 4 atom stereocenters. The van der Waals surface area contributed by atoms with E-state index in [2.05, 4.69) is 21.3 Å². The number of nitrogens with one attached hydrogen (secondary N) is 4. The first-order valence-electron chi connectivity index (χ1n) is 14.8. The van der Waals surface area contributed by atoms with Gasteiger partial charge < -0.3 is 41.3 Å². The zero-order valence-electron chi connectivity index (χ0n) is 26.0. The molecule has 43 heavy (non-hydrogen) atoms. The number of aliphatic carboxylic acids is 2. The molecule has 1 aliphatic rings.